The summed E-state index contributed by atoms with van der Waals surface area (Å²) in [5.41, 5.74) is -0.395. The number of anilines is 1. The Morgan fingerprint density at radius 1 is 1.56 bits per heavy atom. The molecule has 0 atom stereocenters. The SMILES string of the molecule is O=C(O)Nc1cnc(Br)cc1OC(F)(F)F. The molecule has 16 heavy (non-hydrogen) atoms. The molecule has 5 nitrogen and oxygen atoms in total. The van der Waals surface area contributed by atoms with Crippen LogP contribution in [0.25, 0.3) is 0 Å². The van der Waals surface area contributed by atoms with Crippen molar-refractivity contribution < 1.29 is 27.8 Å². The summed E-state index contributed by atoms with van der Waals surface area (Å²) in [4.78, 5) is 13.9. The van der Waals surface area contributed by atoms with E-state index in [2.05, 4.69) is 25.7 Å². The minimum absolute atomic E-state index is 0.0858. The number of alkyl halides is 3. The third-order valence-corrected chi connectivity index (χ3v) is 1.73. The van der Waals surface area contributed by atoms with Crippen molar-refractivity contribution in [2.45, 2.75) is 6.36 Å². The second-order valence-electron chi connectivity index (χ2n) is 2.48. The Labute approximate surface area is 95.4 Å². The lowest BCUT2D eigenvalue weighted by Crippen LogP contribution is -2.19. The summed E-state index contributed by atoms with van der Waals surface area (Å²) in [6, 6.07) is 0.902. The van der Waals surface area contributed by atoms with Crippen molar-refractivity contribution in [1.82, 2.24) is 4.98 Å². The molecule has 0 fully saturated rings. The molecule has 1 aromatic rings. The minimum atomic E-state index is -4.91. The third-order valence-electron chi connectivity index (χ3n) is 1.30. The maximum Gasteiger partial charge on any atom is 0.573 e. The normalized spacial score (nSPS) is 11.0. The number of nitrogens with one attached hydrogen (secondary N) is 1. The maximum absolute atomic E-state index is 12.0. The molecule has 0 spiro atoms. The number of carboxylic acid groups (broad SMARTS) is 1. The van der Waals surface area contributed by atoms with Crippen molar-refractivity contribution >= 4 is 27.7 Å². The van der Waals surface area contributed by atoms with E-state index in [4.69, 9.17) is 5.11 Å². The van der Waals surface area contributed by atoms with E-state index in [1.165, 1.54) is 0 Å². The predicted octanol–water partition coefficient (Wildman–Crippen LogP) is 2.83. The topological polar surface area (TPSA) is 71.5 Å². The standard InChI is InChI=1S/C7H4BrF3N2O3/c8-5-1-4(16-7(9,10)11)3(2-12-5)13-6(14)15/h1-2,13H,(H,14,15). The molecule has 0 aliphatic rings. The fourth-order valence-corrected chi connectivity index (χ4v) is 1.14. The van der Waals surface area contributed by atoms with Crippen LogP contribution in [0.15, 0.2) is 16.9 Å². The number of carbonyl (C=O) groups is 1. The highest BCUT2D eigenvalue weighted by molar-refractivity contribution is 9.10. The lowest BCUT2D eigenvalue weighted by atomic mass is 10.4. The number of pyridine rings is 1. The molecule has 2 N–H and O–H groups in total. The zero-order chi connectivity index (χ0) is 12.3. The second-order valence-corrected chi connectivity index (χ2v) is 3.29. The number of ether oxygens (including phenoxy) is 1. The molecule has 0 saturated heterocycles. The molecular weight excluding hydrogens is 297 g/mol. The van der Waals surface area contributed by atoms with Gasteiger partial charge in [0.1, 0.15) is 10.3 Å². The Balaban J connectivity index is 3.03. The fourth-order valence-electron chi connectivity index (χ4n) is 0.831. The molecule has 9 heteroatoms. The number of hydrogen-bond acceptors (Lipinski definition) is 3. The first-order chi connectivity index (χ1) is 7.28. The highest BCUT2D eigenvalue weighted by Crippen LogP contribution is 2.31. The molecule has 0 unspecified atom stereocenters. The lowest BCUT2D eigenvalue weighted by molar-refractivity contribution is -0.274. The van der Waals surface area contributed by atoms with Crippen molar-refractivity contribution in [3.8, 4) is 5.75 Å². The van der Waals surface area contributed by atoms with Crippen LogP contribution in [-0.4, -0.2) is 22.5 Å². The molecule has 0 radical (unpaired) electrons. The average molecular weight is 301 g/mol. The highest BCUT2D eigenvalue weighted by Gasteiger charge is 2.32. The van der Waals surface area contributed by atoms with E-state index in [0.29, 0.717) is 0 Å². The van der Waals surface area contributed by atoms with Crippen LogP contribution in [0.3, 0.4) is 0 Å². The zero-order valence-corrected chi connectivity index (χ0v) is 8.96. The first-order valence-electron chi connectivity index (χ1n) is 3.69. The van der Waals surface area contributed by atoms with E-state index in [-0.39, 0.29) is 4.60 Å². The molecule has 1 aromatic heterocycles. The van der Waals surface area contributed by atoms with Crippen LogP contribution >= 0.6 is 15.9 Å². The van der Waals surface area contributed by atoms with Gasteiger partial charge in [0.2, 0.25) is 0 Å². The first-order valence-corrected chi connectivity index (χ1v) is 4.48. The van der Waals surface area contributed by atoms with E-state index < -0.39 is 23.9 Å². The quantitative estimate of drug-likeness (QED) is 0.824. The van der Waals surface area contributed by atoms with Crippen molar-refractivity contribution in [3.05, 3.63) is 16.9 Å². The van der Waals surface area contributed by atoms with Gasteiger partial charge >= 0.3 is 12.5 Å². The van der Waals surface area contributed by atoms with Gasteiger partial charge in [0.05, 0.1) is 6.20 Å². The summed E-state index contributed by atoms with van der Waals surface area (Å²) in [5, 5.41) is 10.1. The number of halogens is 4. The number of hydrogen-bond donors (Lipinski definition) is 2. The van der Waals surface area contributed by atoms with E-state index in [1.807, 2.05) is 0 Å². The Morgan fingerprint density at radius 3 is 2.69 bits per heavy atom. The van der Waals surface area contributed by atoms with E-state index in [9.17, 15) is 18.0 Å². The lowest BCUT2D eigenvalue weighted by Gasteiger charge is -2.12. The van der Waals surface area contributed by atoms with Gasteiger partial charge in [0.15, 0.2) is 5.75 Å². The van der Waals surface area contributed by atoms with Gasteiger partial charge in [-0.2, -0.15) is 0 Å². The fraction of sp³-hybridized carbons (Fsp3) is 0.143. The minimum Gasteiger partial charge on any atom is -0.465 e. The number of aromatic nitrogens is 1. The van der Waals surface area contributed by atoms with E-state index in [1.54, 1.807) is 5.32 Å². The Hall–Kier alpha value is -1.51. The Bertz CT molecular complexity index is 410. The van der Waals surface area contributed by atoms with Crippen molar-refractivity contribution in [3.63, 3.8) is 0 Å². The number of nitrogens with zero attached hydrogens (tertiary/aromatic N) is 1. The second kappa shape index (κ2) is 4.56. The Morgan fingerprint density at radius 2 is 2.19 bits per heavy atom. The van der Waals surface area contributed by atoms with Gasteiger partial charge in [-0.15, -0.1) is 13.2 Å². The maximum atomic E-state index is 12.0. The highest BCUT2D eigenvalue weighted by atomic mass is 79.9. The molecule has 0 aliphatic carbocycles. The van der Waals surface area contributed by atoms with Crippen molar-refractivity contribution in [2.24, 2.45) is 0 Å². The monoisotopic (exact) mass is 300 g/mol. The molecule has 1 amide bonds. The van der Waals surface area contributed by atoms with Crippen LogP contribution in [0, 0.1) is 0 Å². The van der Waals surface area contributed by atoms with Gasteiger partial charge < -0.3 is 9.84 Å². The molecule has 1 rings (SSSR count). The zero-order valence-electron chi connectivity index (χ0n) is 7.38. The van der Waals surface area contributed by atoms with Crippen LogP contribution in [0.5, 0.6) is 5.75 Å². The first kappa shape index (κ1) is 12.6. The summed E-state index contributed by atoms with van der Waals surface area (Å²) in [6.07, 6.45) is -5.52. The molecular formula is C7H4BrF3N2O3. The summed E-state index contributed by atoms with van der Waals surface area (Å²) in [6.45, 7) is 0. The molecule has 88 valence electrons. The number of amides is 1. The van der Waals surface area contributed by atoms with Gasteiger partial charge in [0, 0.05) is 6.07 Å². The van der Waals surface area contributed by atoms with E-state index in [0.717, 1.165) is 12.3 Å². The number of rotatable bonds is 2. The van der Waals surface area contributed by atoms with Crippen LogP contribution in [0.4, 0.5) is 23.7 Å². The van der Waals surface area contributed by atoms with Gasteiger partial charge in [-0.25, -0.2) is 9.78 Å². The van der Waals surface area contributed by atoms with Gasteiger partial charge in [-0.3, -0.25) is 5.32 Å². The summed E-state index contributed by atoms with van der Waals surface area (Å²) in [7, 11) is 0. The molecule has 1 heterocycles. The smallest absolute Gasteiger partial charge is 0.465 e. The molecule has 0 bridgehead atoms. The summed E-state index contributed by atoms with van der Waals surface area (Å²) >= 11 is 2.84. The van der Waals surface area contributed by atoms with Gasteiger partial charge in [0.25, 0.3) is 0 Å². The van der Waals surface area contributed by atoms with Crippen LogP contribution < -0.4 is 10.1 Å². The van der Waals surface area contributed by atoms with Crippen molar-refractivity contribution in [1.29, 1.82) is 0 Å². The summed E-state index contributed by atoms with van der Waals surface area (Å²) < 4.78 is 39.6. The Kier molecular flexibility index (Phi) is 3.58. The molecule has 0 saturated carbocycles. The van der Waals surface area contributed by atoms with Gasteiger partial charge in [-0.05, 0) is 15.9 Å². The van der Waals surface area contributed by atoms with Crippen molar-refractivity contribution in [2.75, 3.05) is 5.32 Å². The van der Waals surface area contributed by atoms with Crippen LogP contribution in [-0.2, 0) is 0 Å². The summed E-state index contributed by atoms with van der Waals surface area (Å²) in [5.74, 6) is -0.684. The average Bonchev–Trinajstić information content (AvgIpc) is 2.06. The largest absolute Gasteiger partial charge is 0.573 e. The molecule has 0 aliphatic heterocycles. The third kappa shape index (κ3) is 3.93. The van der Waals surface area contributed by atoms with Crippen LogP contribution in [0.2, 0.25) is 0 Å². The molecule has 0 aromatic carbocycles. The van der Waals surface area contributed by atoms with E-state index >= 15 is 0 Å². The van der Waals surface area contributed by atoms with Crippen LogP contribution in [0.1, 0.15) is 0 Å². The predicted molar refractivity (Wildman–Crippen MR) is 50.3 cm³/mol. The van der Waals surface area contributed by atoms with Gasteiger partial charge in [-0.1, -0.05) is 0 Å².